The van der Waals surface area contributed by atoms with Crippen LogP contribution in [0.5, 0.6) is 5.75 Å². The normalized spacial score (nSPS) is 21.9. The highest BCUT2D eigenvalue weighted by atomic mass is 16.5. The monoisotopic (exact) mass is 400 g/mol. The Bertz CT molecular complexity index is 716. The summed E-state index contributed by atoms with van der Waals surface area (Å²) in [5, 5.41) is 0. The molecule has 3 heteroatoms. The average Bonchev–Trinajstić information content (AvgIpc) is 2.90. The minimum atomic E-state index is 0.00187. The van der Waals surface area contributed by atoms with Gasteiger partial charge in [-0.15, -0.1) is 0 Å². The Morgan fingerprint density at radius 2 is 1.41 bits per heavy atom. The highest BCUT2D eigenvalue weighted by molar-refractivity contribution is 5.64. The van der Waals surface area contributed by atoms with Crippen molar-refractivity contribution in [1.82, 2.24) is 4.90 Å². The summed E-state index contributed by atoms with van der Waals surface area (Å²) in [6.45, 7) is 29.1. The average molecular weight is 401 g/mol. The van der Waals surface area contributed by atoms with Crippen molar-refractivity contribution in [3.8, 4) is 5.75 Å². The smallest absolute Gasteiger partial charge is 0.177 e. The van der Waals surface area contributed by atoms with Crippen LogP contribution >= 0.6 is 0 Å². The van der Waals surface area contributed by atoms with E-state index in [0.717, 1.165) is 5.75 Å². The molecule has 0 saturated carbocycles. The van der Waals surface area contributed by atoms with E-state index in [-0.39, 0.29) is 16.2 Å². The third kappa shape index (κ3) is 4.76. The molecular weight excluding hydrogens is 356 g/mol. The number of ether oxygens (including phenoxy) is 1. The number of hydrogen-bond donors (Lipinski definition) is 0. The molecule has 1 aliphatic rings. The van der Waals surface area contributed by atoms with Gasteiger partial charge in [0.25, 0.3) is 0 Å². The summed E-state index contributed by atoms with van der Waals surface area (Å²) in [5.41, 5.74) is 4.08. The van der Waals surface area contributed by atoms with E-state index >= 15 is 0 Å². The molecule has 1 aliphatic heterocycles. The number of anilines is 1. The van der Waals surface area contributed by atoms with E-state index in [1.807, 2.05) is 0 Å². The lowest BCUT2D eigenvalue weighted by atomic mass is 9.72. The summed E-state index contributed by atoms with van der Waals surface area (Å²) in [4.78, 5) is 4.74. The third-order valence-electron chi connectivity index (χ3n) is 6.07. The van der Waals surface area contributed by atoms with Crippen molar-refractivity contribution in [2.45, 2.75) is 99.6 Å². The van der Waals surface area contributed by atoms with Crippen molar-refractivity contribution in [2.75, 3.05) is 19.1 Å². The third-order valence-corrected chi connectivity index (χ3v) is 6.07. The molecule has 1 fully saturated rings. The van der Waals surface area contributed by atoms with Crippen molar-refractivity contribution < 1.29 is 4.74 Å². The Kier molecular flexibility index (Phi) is 6.47. The van der Waals surface area contributed by atoms with Crippen LogP contribution in [-0.2, 0) is 5.41 Å². The van der Waals surface area contributed by atoms with Crippen LogP contribution in [0.25, 0.3) is 0 Å². The van der Waals surface area contributed by atoms with Gasteiger partial charge < -0.3 is 9.64 Å². The van der Waals surface area contributed by atoms with E-state index in [9.17, 15) is 0 Å². The van der Waals surface area contributed by atoms with Crippen molar-refractivity contribution in [3.63, 3.8) is 0 Å². The number of benzene rings is 1. The molecule has 0 amide bonds. The van der Waals surface area contributed by atoms with Gasteiger partial charge in [-0.25, -0.2) is 0 Å². The first-order chi connectivity index (χ1) is 13.0. The van der Waals surface area contributed by atoms with Gasteiger partial charge in [-0.3, -0.25) is 4.90 Å². The fraction of sp³-hybridized carbons (Fsp3) is 0.731. The van der Waals surface area contributed by atoms with E-state index < -0.39 is 0 Å². The van der Waals surface area contributed by atoms with Crippen LogP contribution in [0.2, 0.25) is 0 Å². The van der Waals surface area contributed by atoms with Crippen LogP contribution in [0.15, 0.2) is 12.1 Å². The Balaban J connectivity index is 2.76. The fourth-order valence-corrected chi connectivity index (χ4v) is 4.78. The molecule has 1 aromatic carbocycles. The molecule has 2 radical (unpaired) electrons. The van der Waals surface area contributed by atoms with Gasteiger partial charge in [0.15, 0.2) is 6.67 Å². The van der Waals surface area contributed by atoms with Gasteiger partial charge in [-0.1, -0.05) is 76.2 Å². The lowest BCUT2D eigenvalue weighted by Crippen LogP contribution is -2.51. The van der Waals surface area contributed by atoms with Crippen molar-refractivity contribution in [2.24, 2.45) is 10.8 Å². The van der Waals surface area contributed by atoms with Crippen LogP contribution in [0.3, 0.4) is 0 Å². The van der Waals surface area contributed by atoms with E-state index in [4.69, 9.17) is 4.74 Å². The summed E-state index contributed by atoms with van der Waals surface area (Å²) >= 11 is 0. The molecule has 1 saturated heterocycles. The second-order valence-corrected chi connectivity index (χ2v) is 12.2. The molecule has 1 heterocycles. The molecule has 0 aromatic heterocycles. The van der Waals surface area contributed by atoms with Crippen molar-refractivity contribution in [3.05, 3.63) is 29.9 Å². The maximum atomic E-state index is 5.82. The highest BCUT2D eigenvalue weighted by Gasteiger charge is 2.50. The Morgan fingerprint density at radius 3 is 1.79 bits per heavy atom. The number of rotatable bonds is 3. The SMILES string of the molecule is COc1cc(C(C)C)c(N2[C]N(C)[C@H](C(C)(C)C)[C@H]2C(C)(C)C)cc1C(C)(C)C. The summed E-state index contributed by atoms with van der Waals surface area (Å²) in [7, 11) is 3.96. The molecule has 0 aliphatic carbocycles. The van der Waals surface area contributed by atoms with Gasteiger partial charge in [0.1, 0.15) is 5.75 Å². The molecule has 3 nitrogen and oxygen atoms in total. The lowest BCUT2D eigenvalue weighted by Gasteiger charge is -2.44. The van der Waals surface area contributed by atoms with Gasteiger partial charge in [-0.2, -0.15) is 0 Å². The molecule has 1 aromatic rings. The fourth-order valence-electron chi connectivity index (χ4n) is 4.78. The Labute approximate surface area is 180 Å². The Morgan fingerprint density at radius 1 is 0.897 bits per heavy atom. The molecule has 164 valence electrons. The van der Waals surface area contributed by atoms with Gasteiger partial charge in [-0.05, 0) is 46.9 Å². The van der Waals surface area contributed by atoms with Gasteiger partial charge in [0, 0.05) is 17.3 Å². The first-order valence-corrected chi connectivity index (χ1v) is 11.0. The van der Waals surface area contributed by atoms with Crippen molar-refractivity contribution >= 4 is 5.69 Å². The number of likely N-dealkylation sites (N-methyl/N-ethyl adjacent to an activating group) is 1. The van der Waals surface area contributed by atoms with E-state index in [0.29, 0.717) is 18.0 Å². The molecule has 0 spiro atoms. The van der Waals surface area contributed by atoms with E-state index in [1.165, 1.54) is 16.8 Å². The largest absolute Gasteiger partial charge is 0.496 e. The highest BCUT2D eigenvalue weighted by Crippen LogP contribution is 2.48. The summed E-state index contributed by atoms with van der Waals surface area (Å²) in [6.07, 6.45) is 0. The zero-order valence-electron chi connectivity index (χ0n) is 21.2. The zero-order chi connectivity index (χ0) is 22.5. The maximum Gasteiger partial charge on any atom is 0.177 e. The van der Waals surface area contributed by atoms with Gasteiger partial charge in [0.2, 0.25) is 0 Å². The van der Waals surface area contributed by atoms with E-state index in [2.05, 4.69) is 112 Å². The maximum absolute atomic E-state index is 5.82. The topological polar surface area (TPSA) is 15.7 Å². The van der Waals surface area contributed by atoms with Crippen molar-refractivity contribution in [1.29, 1.82) is 0 Å². The van der Waals surface area contributed by atoms with Crippen LogP contribution in [0, 0.1) is 17.5 Å². The standard InChI is InChI=1S/C26H44N2O/c1-17(2)18-14-21(29-13)19(24(3,4)5)15-20(18)28-16-27(12)22(25(6,7)8)23(28)26(9,10)11/h14-15,17,22-23H,1-13H3/t22-,23-/m0/s1. The predicted molar refractivity (Wildman–Crippen MR) is 126 cm³/mol. The first kappa shape index (κ1) is 24.1. The summed E-state index contributed by atoms with van der Waals surface area (Å²) in [5.74, 6) is 1.38. The quantitative estimate of drug-likeness (QED) is 0.562. The Hall–Kier alpha value is -1.22. The van der Waals surface area contributed by atoms with Gasteiger partial charge >= 0.3 is 0 Å². The number of nitrogens with zero attached hydrogens (tertiary/aromatic N) is 2. The predicted octanol–water partition coefficient (Wildman–Crippen LogP) is 6.69. The first-order valence-electron chi connectivity index (χ1n) is 11.0. The zero-order valence-corrected chi connectivity index (χ0v) is 21.2. The number of hydrogen-bond acceptors (Lipinski definition) is 3. The molecular formula is C26H44N2O. The molecule has 0 N–H and O–H groups in total. The van der Waals surface area contributed by atoms with Crippen LogP contribution in [0.4, 0.5) is 5.69 Å². The molecule has 2 atom stereocenters. The molecule has 2 rings (SSSR count). The van der Waals surface area contributed by atoms with Crippen LogP contribution in [0.1, 0.15) is 93.2 Å². The van der Waals surface area contributed by atoms with E-state index in [1.54, 1.807) is 7.11 Å². The second-order valence-electron chi connectivity index (χ2n) is 12.2. The van der Waals surface area contributed by atoms with Crippen LogP contribution < -0.4 is 9.64 Å². The molecule has 29 heavy (non-hydrogen) atoms. The number of methoxy groups -OCH3 is 1. The molecule has 0 unspecified atom stereocenters. The molecule has 0 bridgehead atoms. The summed E-state index contributed by atoms with van der Waals surface area (Å²) < 4.78 is 5.82. The van der Waals surface area contributed by atoms with Crippen LogP contribution in [-0.4, -0.2) is 31.1 Å². The van der Waals surface area contributed by atoms with Gasteiger partial charge in [0.05, 0.1) is 13.2 Å². The lowest BCUT2D eigenvalue weighted by molar-refractivity contribution is 0.126. The second kappa shape index (κ2) is 7.80. The summed E-state index contributed by atoms with van der Waals surface area (Å²) in [6, 6.07) is 5.32. The minimum Gasteiger partial charge on any atom is -0.496 e. The minimum absolute atomic E-state index is 0.00187.